The first-order valence-corrected chi connectivity index (χ1v) is 6.48. The third-order valence-corrected chi connectivity index (χ3v) is 3.80. The summed E-state index contributed by atoms with van der Waals surface area (Å²) in [5.74, 6) is 0.709. The van der Waals surface area contributed by atoms with E-state index in [9.17, 15) is 4.79 Å². The highest BCUT2D eigenvalue weighted by Gasteiger charge is 2.27. The van der Waals surface area contributed by atoms with Gasteiger partial charge in [-0.25, -0.2) is 0 Å². The predicted molar refractivity (Wildman–Crippen MR) is 67.2 cm³/mol. The van der Waals surface area contributed by atoms with Crippen LogP contribution in [0.4, 0.5) is 0 Å². The normalized spacial score (nSPS) is 32.5. The van der Waals surface area contributed by atoms with Gasteiger partial charge in [0.2, 0.25) is 5.91 Å². The van der Waals surface area contributed by atoms with Gasteiger partial charge in [-0.3, -0.25) is 4.79 Å². The van der Waals surface area contributed by atoms with Gasteiger partial charge in [0, 0.05) is 24.0 Å². The zero-order valence-corrected chi connectivity index (χ0v) is 11.2. The summed E-state index contributed by atoms with van der Waals surface area (Å²) in [6, 6.07) is 1.25. The summed E-state index contributed by atoms with van der Waals surface area (Å²) in [6.45, 7) is 10.5. The Kier molecular flexibility index (Phi) is 4.78. The number of rotatable bonds is 3. The third-order valence-electron chi connectivity index (χ3n) is 3.80. The fourth-order valence-electron chi connectivity index (χ4n) is 2.14. The highest BCUT2D eigenvalue weighted by Crippen LogP contribution is 2.15. The first-order chi connectivity index (χ1) is 7.41. The molecule has 0 aromatic carbocycles. The Morgan fingerprint density at radius 2 is 1.88 bits per heavy atom. The SMILES string of the molecule is CC1CCC(NC(=O)C(C)C(C)C)C(C)N1. The number of hydrogen-bond donors (Lipinski definition) is 2. The molecule has 1 aliphatic heterocycles. The van der Waals surface area contributed by atoms with Crippen molar-refractivity contribution in [2.75, 3.05) is 0 Å². The van der Waals surface area contributed by atoms with Crippen molar-refractivity contribution >= 4 is 5.91 Å². The van der Waals surface area contributed by atoms with Crippen LogP contribution in [0, 0.1) is 11.8 Å². The van der Waals surface area contributed by atoms with Crippen molar-refractivity contribution in [3.63, 3.8) is 0 Å². The maximum absolute atomic E-state index is 11.9. The van der Waals surface area contributed by atoms with E-state index in [1.807, 2.05) is 6.92 Å². The van der Waals surface area contributed by atoms with Crippen molar-refractivity contribution in [1.82, 2.24) is 10.6 Å². The summed E-state index contributed by atoms with van der Waals surface area (Å²) in [6.07, 6.45) is 2.23. The molecule has 1 rings (SSSR count). The Morgan fingerprint density at radius 3 is 2.38 bits per heavy atom. The van der Waals surface area contributed by atoms with Crippen LogP contribution in [0.2, 0.25) is 0 Å². The average molecular weight is 226 g/mol. The van der Waals surface area contributed by atoms with Crippen LogP contribution in [0.3, 0.4) is 0 Å². The van der Waals surface area contributed by atoms with Crippen LogP contribution < -0.4 is 10.6 Å². The third kappa shape index (κ3) is 3.48. The fourth-order valence-corrected chi connectivity index (χ4v) is 2.14. The van der Waals surface area contributed by atoms with Gasteiger partial charge in [0.25, 0.3) is 0 Å². The molecule has 1 aliphatic rings. The molecule has 4 unspecified atom stereocenters. The van der Waals surface area contributed by atoms with E-state index in [2.05, 4.69) is 38.3 Å². The Bertz CT molecular complexity index is 240. The van der Waals surface area contributed by atoms with Crippen LogP contribution in [0.1, 0.15) is 47.5 Å². The summed E-state index contributed by atoms with van der Waals surface area (Å²) >= 11 is 0. The minimum Gasteiger partial charge on any atom is -0.352 e. The number of carbonyl (C=O) groups is 1. The Morgan fingerprint density at radius 1 is 1.25 bits per heavy atom. The van der Waals surface area contributed by atoms with Crippen molar-refractivity contribution < 1.29 is 4.79 Å². The minimum atomic E-state index is 0.103. The maximum Gasteiger partial charge on any atom is 0.223 e. The summed E-state index contributed by atoms with van der Waals surface area (Å²) < 4.78 is 0. The number of hydrogen-bond acceptors (Lipinski definition) is 2. The van der Waals surface area contributed by atoms with Gasteiger partial charge in [-0.2, -0.15) is 0 Å². The Hall–Kier alpha value is -0.570. The zero-order chi connectivity index (χ0) is 12.3. The molecule has 0 radical (unpaired) electrons. The molecule has 94 valence electrons. The molecule has 16 heavy (non-hydrogen) atoms. The number of amides is 1. The van der Waals surface area contributed by atoms with Crippen LogP contribution in [0.15, 0.2) is 0 Å². The largest absolute Gasteiger partial charge is 0.352 e. The molecule has 4 atom stereocenters. The summed E-state index contributed by atoms with van der Waals surface area (Å²) in [4.78, 5) is 11.9. The van der Waals surface area contributed by atoms with E-state index in [4.69, 9.17) is 0 Å². The molecule has 1 saturated heterocycles. The molecule has 0 aromatic heterocycles. The molecule has 0 bridgehead atoms. The van der Waals surface area contributed by atoms with Gasteiger partial charge in [-0.05, 0) is 32.6 Å². The molecule has 1 amide bonds. The monoisotopic (exact) mass is 226 g/mol. The molecule has 1 heterocycles. The second kappa shape index (κ2) is 5.67. The predicted octanol–water partition coefficient (Wildman–Crippen LogP) is 1.92. The smallest absolute Gasteiger partial charge is 0.223 e. The molecule has 0 aliphatic carbocycles. The molecular formula is C13H26N2O. The first-order valence-electron chi connectivity index (χ1n) is 6.48. The zero-order valence-electron chi connectivity index (χ0n) is 11.2. The standard InChI is InChI=1S/C13H26N2O/c1-8(2)10(4)13(16)15-12-7-6-9(3)14-11(12)5/h8-12,14H,6-7H2,1-5H3,(H,15,16). The topological polar surface area (TPSA) is 41.1 Å². The lowest BCUT2D eigenvalue weighted by Crippen LogP contribution is -2.55. The van der Waals surface area contributed by atoms with E-state index in [1.165, 1.54) is 0 Å². The molecule has 3 nitrogen and oxygen atoms in total. The van der Waals surface area contributed by atoms with E-state index in [1.54, 1.807) is 0 Å². The van der Waals surface area contributed by atoms with Crippen LogP contribution in [-0.2, 0) is 4.79 Å². The average Bonchev–Trinajstić information content (AvgIpc) is 2.20. The van der Waals surface area contributed by atoms with Crippen molar-refractivity contribution in [2.24, 2.45) is 11.8 Å². The van der Waals surface area contributed by atoms with E-state index in [0.29, 0.717) is 24.0 Å². The number of piperidine rings is 1. The van der Waals surface area contributed by atoms with E-state index < -0.39 is 0 Å². The van der Waals surface area contributed by atoms with Gasteiger partial charge < -0.3 is 10.6 Å². The molecule has 2 N–H and O–H groups in total. The lowest BCUT2D eigenvalue weighted by Gasteiger charge is -2.35. The molecular weight excluding hydrogens is 200 g/mol. The lowest BCUT2D eigenvalue weighted by atomic mass is 9.93. The summed E-state index contributed by atoms with van der Waals surface area (Å²) in [5.41, 5.74) is 0. The van der Waals surface area contributed by atoms with Gasteiger partial charge in [0.05, 0.1) is 0 Å². The summed E-state index contributed by atoms with van der Waals surface area (Å²) in [5, 5.41) is 6.66. The molecule has 0 aromatic rings. The first kappa shape index (κ1) is 13.5. The Labute approximate surface area is 99.4 Å². The van der Waals surface area contributed by atoms with Crippen molar-refractivity contribution in [2.45, 2.75) is 65.6 Å². The number of nitrogens with one attached hydrogen (secondary N) is 2. The molecule has 1 fully saturated rings. The van der Waals surface area contributed by atoms with Crippen molar-refractivity contribution in [3.05, 3.63) is 0 Å². The van der Waals surface area contributed by atoms with Crippen molar-refractivity contribution in [1.29, 1.82) is 0 Å². The number of carbonyl (C=O) groups excluding carboxylic acids is 1. The van der Waals surface area contributed by atoms with Gasteiger partial charge >= 0.3 is 0 Å². The van der Waals surface area contributed by atoms with Crippen LogP contribution in [-0.4, -0.2) is 24.0 Å². The minimum absolute atomic E-state index is 0.103. The Balaban J connectivity index is 2.45. The van der Waals surface area contributed by atoms with Crippen LogP contribution in [0.5, 0.6) is 0 Å². The molecule has 0 saturated carbocycles. The second-order valence-electron chi connectivity index (χ2n) is 5.58. The highest BCUT2D eigenvalue weighted by molar-refractivity contribution is 5.78. The van der Waals surface area contributed by atoms with E-state index >= 15 is 0 Å². The van der Waals surface area contributed by atoms with E-state index in [0.717, 1.165) is 12.8 Å². The summed E-state index contributed by atoms with van der Waals surface area (Å²) in [7, 11) is 0. The quantitative estimate of drug-likeness (QED) is 0.772. The maximum atomic E-state index is 11.9. The van der Waals surface area contributed by atoms with Gasteiger partial charge in [-0.15, -0.1) is 0 Å². The fraction of sp³-hybridized carbons (Fsp3) is 0.923. The van der Waals surface area contributed by atoms with Crippen LogP contribution >= 0.6 is 0 Å². The lowest BCUT2D eigenvalue weighted by molar-refractivity contribution is -0.126. The van der Waals surface area contributed by atoms with Gasteiger partial charge in [0.1, 0.15) is 0 Å². The highest BCUT2D eigenvalue weighted by atomic mass is 16.1. The van der Waals surface area contributed by atoms with Gasteiger partial charge in [0.15, 0.2) is 0 Å². The van der Waals surface area contributed by atoms with Crippen LogP contribution in [0.25, 0.3) is 0 Å². The second-order valence-corrected chi connectivity index (χ2v) is 5.58. The van der Waals surface area contributed by atoms with Gasteiger partial charge in [-0.1, -0.05) is 20.8 Å². The molecule has 3 heteroatoms. The molecule has 0 spiro atoms. The van der Waals surface area contributed by atoms with Crippen molar-refractivity contribution in [3.8, 4) is 0 Å². The van der Waals surface area contributed by atoms with E-state index in [-0.39, 0.29) is 11.8 Å².